The van der Waals surface area contributed by atoms with E-state index in [4.69, 9.17) is 0 Å². The van der Waals surface area contributed by atoms with Crippen LogP contribution in [0.4, 0.5) is 9.18 Å². The molecule has 1 aromatic rings. The van der Waals surface area contributed by atoms with Crippen molar-refractivity contribution in [3.8, 4) is 0 Å². The number of carbonyl (C=O) groups is 2. The molecule has 1 atom stereocenters. The second-order valence-electron chi connectivity index (χ2n) is 4.17. The van der Waals surface area contributed by atoms with Gasteiger partial charge in [-0.15, -0.1) is 0 Å². The molecule has 0 radical (unpaired) electrons. The van der Waals surface area contributed by atoms with Gasteiger partial charge in [0.05, 0.1) is 11.6 Å². The van der Waals surface area contributed by atoms with Crippen molar-refractivity contribution in [3.05, 3.63) is 46.9 Å². The van der Waals surface area contributed by atoms with Crippen LogP contribution in [0, 0.1) is 5.82 Å². The van der Waals surface area contributed by atoms with E-state index in [0.29, 0.717) is 11.3 Å². The molecule has 3 N–H and O–H groups in total. The molecule has 0 saturated carbocycles. The lowest BCUT2D eigenvalue weighted by Crippen LogP contribution is -2.46. The van der Waals surface area contributed by atoms with Crippen molar-refractivity contribution in [1.82, 2.24) is 16.0 Å². The molecule has 100 valence electrons. The van der Waals surface area contributed by atoms with Crippen LogP contribution < -0.4 is 16.0 Å². The van der Waals surface area contributed by atoms with Gasteiger partial charge in [-0.05, 0) is 13.0 Å². The summed E-state index contributed by atoms with van der Waals surface area (Å²) >= 11 is 0. The average Bonchev–Trinajstić information content (AvgIpc) is 2.37. The van der Waals surface area contributed by atoms with Crippen molar-refractivity contribution < 1.29 is 14.0 Å². The number of rotatable bonds is 2. The maximum Gasteiger partial charge on any atom is 0.319 e. The first-order valence-corrected chi connectivity index (χ1v) is 5.79. The van der Waals surface area contributed by atoms with Gasteiger partial charge in [-0.1, -0.05) is 18.2 Å². The van der Waals surface area contributed by atoms with Gasteiger partial charge in [0, 0.05) is 18.3 Å². The summed E-state index contributed by atoms with van der Waals surface area (Å²) in [7, 11) is 1.48. The van der Waals surface area contributed by atoms with Crippen LogP contribution in [0.1, 0.15) is 18.5 Å². The third-order valence-electron chi connectivity index (χ3n) is 2.96. The monoisotopic (exact) mass is 263 g/mol. The summed E-state index contributed by atoms with van der Waals surface area (Å²) in [5, 5.41) is 7.56. The normalized spacial score (nSPS) is 18.7. The zero-order valence-electron chi connectivity index (χ0n) is 10.6. The minimum absolute atomic E-state index is 0.260. The van der Waals surface area contributed by atoms with Gasteiger partial charge in [-0.3, -0.25) is 4.79 Å². The number of carbonyl (C=O) groups excluding carboxylic acids is 2. The number of halogens is 1. The summed E-state index contributed by atoms with van der Waals surface area (Å²) in [6.07, 6.45) is 0. The Labute approximate surface area is 109 Å². The molecule has 1 aliphatic rings. The van der Waals surface area contributed by atoms with Crippen LogP contribution in [0.15, 0.2) is 35.5 Å². The number of urea groups is 1. The first-order chi connectivity index (χ1) is 9.04. The van der Waals surface area contributed by atoms with E-state index in [9.17, 15) is 14.0 Å². The van der Waals surface area contributed by atoms with Crippen LogP contribution in [0.3, 0.4) is 0 Å². The molecule has 1 aromatic carbocycles. The summed E-state index contributed by atoms with van der Waals surface area (Å²) in [5.41, 5.74) is 0.971. The van der Waals surface area contributed by atoms with E-state index in [0.717, 1.165) is 0 Å². The Balaban J connectivity index is 2.53. The Bertz CT molecular complexity index is 569. The molecule has 5 nitrogen and oxygen atoms in total. The minimum atomic E-state index is -0.796. The van der Waals surface area contributed by atoms with E-state index in [1.165, 1.54) is 13.1 Å². The number of nitrogens with one attached hydrogen (secondary N) is 3. The number of likely N-dealkylation sites (N-methyl/N-ethyl adjacent to an activating group) is 1. The zero-order chi connectivity index (χ0) is 14.0. The Morgan fingerprint density at radius 2 is 2.05 bits per heavy atom. The number of hydrogen-bond acceptors (Lipinski definition) is 2. The third kappa shape index (κ3) is 2.42. The minimum Gasteiger partial charge on any atom is -0.355 e. The Kier molecular flexibility index (Phi) is 3.50. The lowest BCUT2D eigenvalue weighted by Gasteiger charge is -2.28. The van der Waals surface area contributed by atoms with Crippen LogP contribution in [0.2, 0.25) is 0 Å². The van der Waals surface area contributed by atoms with Crippen molar-refractivity contribution >= 4 is 11.9 Å². The standard InChI is InChI=1S/C13H14FN3O2/c1-7-10(12(18)15-2)11(17-13(19)16-7)8-5-3-4-6-9(8)14/h3-6,11H,1-2H3,(H,15,18)(H2,16,17,19)/t11-/m0/s1. The van der Waals surface area contributed by atoms with Crippen molar-refractivity contribution in [1.29, 1.82) is 0 Å². The van der Waals surface area contributed by atoms with Crippen LogP contribution in [0.25, 0.3) is 0 Å². The fraction of sp³-hybridized carbons (Fsp3) is 0.231. The van der Waals surface area contributed by atoms with Gasteiger partial charge in [0.15, 0.2) is 0 Å². The molecular weight excluding hydrogens is 249 g/mol. The molecule has 0 bridgehead atoms. The van der Waals surface area contributed by atoms with E-state index in [1.807, 2.05) is 0 Å². The summed E-state index contributed by atoms with van der Waals surface area (Å²) < 4.78 is 13.8. The highest BCUT2D eigenvalue weighted by atomic mass is 19.1. The molecule has 6 heteroatoms. The molecule has 2 rings (SSSR count). The maximum absolute atomic E-state index is 13.8. The van der Waals surface area contributed by atoms with E-state index in [2.05, 4.69) is 16.0 Å². The Hall–Kier alpha value is -2.37. The fourth-order valence-electron chi connectivity index (χ4n) is 2.07. The Morgan fingerprint density at radius 3 is 2.68 bits per heavy atom. The molecule has 0 spiro atoms. The van der Waals surface area contributed by atoms with Crippen molar-refractivity contribution in [2.24, 2.45) is 0 Å². The molecule has 0 unspecified atom stereocenters. The van der Waals surface area contributed by atoms with Gasteiger partial charge in [-0.2, -0.15) is 0 Å². The second-order valence-corrected chi connectivity index (χ2v) is 4.17. The SMILES string of the molecule is CNC(=O)C1=C(C)NC(=O)N[C@H]1c1ccccc1F. The van der Waals surface area contributed by atoms with Crippen LogP contribution in [-0.4, -0.2) is 19.0 Å². The molecule has 1 heterocycles. The maximum atomic E-state index is 13.8. The van der Waals surface area contributed by atoms with Crippen LogP contribution in [0.5, 0.6) is 0 Å². The lowest BCUT2D eigenvalue weighted by molar-refractivity contribution is -0.117. The molecule has 3 amide bonds. The highest BCUT2D eigenvalue weighted by Crippen LogP contribution is 2.28. The highest BCUT2D eigenvalue weighted by molar-refractivity contribution is 5.98. The van der Waals surface area contributed by atoms with Crippen LogP contribution in [-0.2, 0) is 4.79 Å². The molecule has 19 heavy (non-hydrogen) atoms. The first kappa shape index (κ1) is 13.1. The Morgan fingerprint density at radius 1 is 1.37 bits per heavy atom. The number of amides is 3. The van der Waals surface area contributed by atoms with Gasteiger partial charge in [0.25, 0.3) is 5.91 Å². The van der Waals surface area contributed by atoms with Gasteiger partial charge >= 0.3 is 6.03 Å². The first-order valence-electron chi connectivity index (χ1n) is 5.79. The molecular formula is C13H14FN3O2. The predicted molar refractivity (Wildman–Crippen MR) is 67.6 cm³/mol. The summed E-state index contributed by atoms with van der Waals surface area (Å²) in [5.74, 6) is -0.831. The van der Waals surface area contributed by atoms with Gasteiger partial charge in [0.2, 0.25) is 0 Å². The largest absolute Gasteiger partial charge is 0.355 e. The topological polar surface area (TPSA) is 70.2 Å². The van der Waals surface area contributed by atoms with Crippen molar-refractivity contribution in [3.63, 3.8) is 0 Å². The molecule has 0 aliphatic carbocycles. The van der Waals surface area contributed by atoms with Crippen molar-refractivity contribution in [2.75, 3.05) is 7.05 Å². The van der Waals surface area contributed by atoms with Crippen LogP contribution >= 0.6 is 0 Å². The second kappa shape index (κ2) is 5.09. The quantitative estimate of drug-likeness (QED) is 0.750. The van der Waals surface area contributed by atoms with Gasteiger partial charge < -0.3 is 16.0 Å². The number of hydrogen-bond donors (Lipinski definition) is 3. The number of allylic oxidation sites excluding steroid dienone is 1. The molecule has 0 fully saturated rings. The fourth-order valence-corrected chi connectivity index (χ4v) is 2.07. The van der Waals surface area contributed by atoms with E-state index in [-0.39, 0.29) is 11.5 Å². The summed E-state index contributed by atoms with van der Waals surface area (Å²) in [6, 6.07) is 4.79. The number of benzene rings is 1. The third-order valence-corrected chi connectivity index (χ3v) is 2.96. The lowest BCUT2D eigenvalue weighted by atomic mass is 9.94. The summed E-state index contributed by atoms with van der Waals surface area (Å²) in [6.45, 7) is 1.61. The predicted octanol–water partition coefficient (Wildman–Crippen LogP) is 1.20. The van der Waals surface area contributed by atoms with E-state index < -0.39 is 17.9 Å². The van der Waals surface area contributed by atoms with Gasteiger partial charge in [0.1, 0.15) is 5.82 Å². The van der Waals surface area contributed by atoms with E-state index >= 15 is 0 Å². The van der Waals surface area contributed by atoms with Gasteiger partial charge in [-0.25, -0.2) is 9.18 Å². The molecule has 0 saturated heterocycles. The molecule has 1 aliphatic heterocycles. The highest BCUT2D eigenvalue weighted by Gasteiger charge is 2.31. The smallest absolute Gasteiger partial charge is 0.319 e. The van der Waals surface area contributed by atoms with Crippen molar-refractivity contribution in [2.45, 2.75) is 13.0 Å². The zero-order valence-corrected chi connectivity index (χ0v) is 10.6. The molecule has 0 aromatic heterocycles. The average molecular weight is 263 g/mol. The van der Waals surface area contributed by atoms with E-state index in [1.54, 1.807) is 25.1 Å². The summed E-state index contributed by atoms with van der Waals surface area (Å²) in [4.78, 5) is 23.4.